The van der Waals surface area contributed by atoms with Crippen LogP contribution in [-0.4, -0.2) is 27.8 Å². The molecule has 0 unspecified atom stereocenters. The first-order valence-corrected chi connectivity index (χ1v) is 10.3. The van der Waals surface area contributed by atoms with Crippen molar-refractivity contribution < 1.29 is 13.9 Å². The van der Waals surface area contributed by atoms with E-state index in [9.17, 15) is 9.18 Å². The molecule has 4 aromatic rings. The number of anilines is 2. The van der Waals surface area contributed by atoms with Crippen molar-refractivity contribution in [3.05, 3.63) is 107 Å². The first kappa shape index (κ1) is 20.4. The topological polar surface area (TPSA) is 81.1 Å². The van der Waals surface area contributed by atoms with Crippen molar-refractivity contribution in [2.75, 3.05) is 17.7 Å². The molecular weight excluding hydrogens is 421 g/mol. The highest BCUT2D eigenvalue weighted by Crippen LogP contribution is 2.33. The van der Waals surface area contributed by atoms with Crippen LogP contribution in [0.25, 0.3) is 5.70 Å². The van der Waals surface area contributed by atoms with Crippen molar-refractivity contribution in [1.29, 1.82) is 0 Å². The minimum atomic E-state index is -0.421. The minimum Gasteiger partial charge on any atom is -0.497 e. The zero-order chi connectivity index (χ0) is 22.8. The van der Waals surface area contributed by atoms with Gasteiger partial charge in [-0.25, -0.2) is 9.07 Å². The van der Waals surface area contributed by atoms with Gasteiger partial charge >= 0.3 is 0 Å². The lowest BCUT2D eigenvalue weighted by atomic mass is 10.0. The third-order valence-electron chi connectivity index (χ3n) is 5.34. The first-order valence-electron chi connectivity index (χ1n) is 10.3. The van der Waals surface area contributed by atoms with Gasteiger partial charge in [0.2, 0.25) is 5.95 Å². The fraction of sp³-hybridized carbons (Fsp3) is 0.0800. The van der Waals surface area contributed by atoms with Crippen molar-refractivity contribution in [2.45, 2.75) is 6.04 Å². The fourth-order valence-electron chi connectivity index (χ4n) is 3.65. The summed E-state index contributed by atoms with van der Waals surface area (Å²) in [7, 11) is 1.62. The van der Waals surface area contributed by atoms with Crippen LogP contribution in [0.5, 0.6) is 5.75 Å². The molecule has 0 saturated carbocycles. The fourth-order valence-corrected chi connectivity index (χ4v) is 3.65. The molecule has 0 saturated heterocycles. The summed E-state index contributed by atoms with van der Waals surface area (Å²) in [4.78, 5) is 17.1. The van der Waals surface area contributed by atoms with Crippen LogP contribution < -0.4 is 15.4 Å². The van der Waals surface area contributed by atoms with E-state index in [4.69, 9.17) is 4.74 Å². The van der Waals surface area contributed by atoms with Gasteiger partial charge in [0.25, 0.3) is 11.9 Å². The number of benzene rings is 3. The standard InChI is InChI=1S/C25H20FN5O2/c1-33-20-13-9-17(10-14-20)22-15-21(16-5-3-2-4-6-16)27-25-29-24(30-31(22)25)28-23(32)18-7-11-19(26)12-8-18/h2-15,22H,1H3,(H2,27,28,29,30,32)/t22-/m0/s1. The second kappa shape index (κ2) is 8.58. The summed E-state index contributed by atoms with van der Waals surface area (Å²) in [5.41, 5.74) is 3.18. The monoisotopic (exact) mass is 441 g/mol. The number of carbonyl (C=O) groups excluding carboxylic acids is 1. The largest absolute Gasteiger partial charge is 0.497 e. The minimum absolute atomic E-state index is 0.146. The number of hydrogen-bond donors (Lipinski definition) is 2. The summed E-state index contributed by atoms with van der Waals surface area (Å²) in [6.07, 6.45) is 2.06. The maximum atomic E-state index is 13.2. The van der Waals surface area contributed by atoms with Gasteiger partial charge in [-0.1, -0.05) is 42.5 Å². The van der Waals surface area contributed by atoms with Gasteiger partial charge in [-0.2, -0.15) is 4.98 Å². The summed E-state index contributed by atoms with van der Waals surface area (Å²) >= 11 is 0. The van der Waals surface area contributed by atoms with Crippen molar-refractivity contribution in [3.8, 4) is 5.75 Å². The molecule has 33 heavy (non-hydrogen) atoms. The average Bonchev–Trinajstić information content (AvgIpc) is 3.26. The third-order valence-corrected chi connectivity index (χ3v) is 5.34. The number of halogens is 1. The van der Waals surface area contributed by atoms with Crippen LogP contribution in [0, 0.1) is 5.82 Å². The maximum Gasteiger partial charge on any atom is 0.258 e. The summed E-state index contributed by atoms with van der Waals surface area (Å²) < 4.78 is 20.2. The second-order valence-electron chi connectivity index (χ2n) is 7.45. The predicted octanol–water partition coefficient (Wildman–Crippen LogP) is 4.73. The number of allylic oxidation sites excluding steroid dienone is 1. The summed E-state index contributed by atoms with van der Waals surface area (Å²) in [6.45, 7) is 0. The zero-order valence-corrected chi connectivity index (χ0v) is 17.7. The Morgan fingerprint density at radius 1 is 1.03 bits per heavy atom. The van der Waals surface area contributed by atoms with Crippen molar-refractivity contribution in [1.82, 2.24) is 14.8 Å². The average molecular weight is 441 g/mol. The van der Waals surface area contributed by atoms with E-state index in [2.05, 4.69) is 26.8 Å². The van der Waals surface area contributed by atoms with Crippen LogP contribution in [0.3, 0.4) is 0 Å². The molecule has 0 bridgehead atoms. The SMILES string of the molecule is COc1ccc([C@@H]2C=C(c3ccccc3)Nc3nc(NC(=O)c4ccc(F)cc4)nn32)cc1. The number of methoxy groups -OCH3 is 1. The Hall–Kier alpha value is -4.46. The smallest absolute Gasteiger partial charge is 0.258 e. The van der Waals surface area contributed by atoms with Crippen molar-refractivity contribution >= 4 is 23.5 Å². The first-order chi connectivity index (χ1) is 16.1. The van der Waals surface area contributed by atoms with E-state index in [1.54, 1.807) is 11.8 Å². The van der Waals surface area contributed by atoms with E-state index >= 15 is 0 Å². The van der Waals surface area contributed by atoms with Crippen LogP contribution in [0.1, 0.15) is 27.5 Å². The van der Waals surface area contributed by atoms with Crippen molar-refractivity contribution in [2.24, 2.45) is 0 Å². The summed E-state index contributed by atoms with van der Waals surface area (Å²) in [6, 6.07) is 22.7. The number of aromatic nitrogens is 3. The Morgan fingerprint density at radius 3 is 2.45 bits per heavy atom. The zero-order valence-electron chi connectivity index (χ0n) is 17.7. The van der Waals surface area contributed by atoms with Crippen LogP contribution in [0.4, 0.5) is 16.3 Å². The van der Waals surface area contributed by atoms with Crippen LogP contribution in [-0.2, 0) is 0 Å². The van der Waals surface area contributed by atoms with E-state index in [0.29, 0.717) is 11.5 Å². The number of hydrogen-bond acceptors (Lipinski definition) is 5. The highest BCUT2D eigenvalue weighted by atomic mass is 19.1. The van der Waals surface area contributed by atoms with Gasteiger partial charge in [0.1, 0.15) is 17.6 Å². The van der Waals surface area contributed by atoms with Crippen molar-refractivity contribution in [3.63, 3.8) is 0 Å². The number of nitrogens with zero attached hydrogens (tertiary/aromatic N) is 3. The van der Waals surface area contributed by atoms with Crippen LogP contribution >= 0.6 is 0 Å². The Kier molecular flexibility index (Phi) is 5.32. The predicted molar refractivity (Wildman–Crippen MR) is 124 cm³/mol. The second-order valence-corrected chi connectivity index (χ2v) is 7.45. The Balaban J connectivity index is 1.49. The highest BCUT2D eigenvalue weighted by Gasteiger charge is 2.26. The molecule has 0 spiro atoms. The Morgan fingerprint density at radius 2 is 1.76 bits per heavy atom. The van der Waals surface area contributed by atoms with E-state index in [0.717, 1.165) is 22.6 Å². The van der Waals surface area contributed by atoms with E-state index < -0.39 is 11.7 Å². The Labute approximate surface area is 189 Å². The molecule has 8 heteroatoms. The molecule has 0 fully saturated rings. The van der Waals surface area contributed by atoms with E-state index in [1.165, 1.54) is 24.3 Å². The molecule has 2 heterocycles. The van der Waals surface area contributed by atoms with Crippen LogP contribution in [0.15, 0.2) is 84.9 Å². The molecule has 0 radical (unpaired) electrons. The highest BCUT2D eigenvalue weighted by molar-refractivity contribution is 6.03. The van der Waals surface area contributed by atoms with Gasteiger partial charge in [-0.05, 0) is 53.6 Å². The molecule has 1 atom stereocenters. The molecule has 1 aliphatic rings. The van der Waals surface area contributed by atoms with Crippen LogP contribution in [0.2, 0.25) is 0 Å². The van der Waals surface area contributed by atoms with Gasteiger partial charge in [0, 0.05) is 11.3 Å². The molecule has 164 valence electrons. The molecule has 1 aromatic heterocycles. The number of rotatable bonds is 5. The third kappa shape index (κ3) is 4.18. The van der Waals surface area contributed by atoms with Gasteiger partial charge in [0.05, 0.1) is 7.11 Å². The summed E-state index contributed by atoms with van der Waals surface area (Å²) in [5, 5.41) is 10.5. The number of amides is 1. The lowest BCUT2D eigenvalue weighted by molar-refractivity contribution is 0.102. The van der Waals surface area contributed by atoms with E-state index in [-0.39, 0.29) is 12.0 Å². The lowest BCUT2D eigenvalue weighted by Crippen LogP contribution is -2.20. The number of fused-ring (bicyclic) bond motifs is 1. The van der Waals surface area contributed by atoms with Gasteiger partial charge in [-0.15, -0.1) is 5.10 Å². The molecule has 7 nitrogen and oxygen atoms in total. The molecule has 5 rings (SSSR count). The van der Waals surface area contributed by atoms with Gasteiger partial charge in [0.15, 0.2) is 0 Å². The summed E-state index contributed by atoms with van der Waals surface area (Å²) in [5.74, 6) is 0.564. The van der Waals surface area contributed by atoms with E-state index in [1.807, 2.05) is 54.6 Å². The maximum absolute atomic E-state index is 13.2. The molecule has 3 aromatic carbocycles. The number of nitrogens with one attached hydrogen (secondary N) is 2. The Bertz CT molecular complexity index is 1320. The molecule has 1 aliphatic heterocycles. The normalized spacial score (nSPS) is 14.6. The molecule has 0 aliphatic carbocycles. The number of carbonyl (C=O) groups is 1. The number of ether oxygens (including phenoxy) is 1. The van der Waals surface area contributed by atoms with Gasteiger partial charge < -0.3 is 10.1 Å². The molecule has 2 N–H and O–H groups in total. The molecular formula is C25H20FN5O2. The quantitative estimate of drug-likeness (QED) is 0.468. The van der Waals surface area contributed by atoms with Gasteiger partial charge in [-0.3, -0.25) is 10.1 Å². The molecule has 1 amide bonds. The lowest BCUT2D eigenvalue weighted by Gasteiger charge is -2.24.